The lowest BCUT2D eigenvalue weighted by Gasteiger charge is -2.17. The molecule has 0 nitrogen and oxygen atoms in total. The van der Waals surface area contributed by atoms with Gasteiger partial charge in [0, 0.05) is 0 Å². The lowest BCUT2D eigenvalue weighted by Crippen LogP contribution is -2.04. The third kappa shape index (κ3) is 3.60. The molecular formula is C4H8S5. The first-order valence-electron chi connectivity index (χ1n) is 2.49. The van der Waals surface area contributed by atoms with Gasteiger partial charge >= 0.3 is 0 Å². The summed E-state index contributed by atoms with van der Waals surface area (Å²) in [6.07, 6.45) is 0. The largest absolute Gasteiger partial charge is 0.132 e. The molecule has 0 aromatic carbocycles. The third-order valence-electron chi connectivity index (χ3n) is 0.765. The highest BCUT2D eigenvalue weighted by molar-refractivity contribution is 9.27. The van der Waals surface area contributed by atoms with Crippen LogP contribution in [0.1, 0.15) is 13.8 Å². The molecular weight excluding hydrogens is 208 g/mol. The first kappa shape index (κ1) is 8.84. The van der Waals surface area contributed by atoms with E-state index in [1.807, 2.05) is 53.0 Å². The molecule has 0 aliphatic carbocycles. The van der Waals surface area contributed by atoms with Crippen LogP contribution in [-0.4, -0.2) is 9.16 Å². The van der Waals surface area contributed by atoms with Crippen LogP contribution in [0.4, 0.5) is 0 Å². The van der Waals surface area contributed by atoms with E-state index in [4.69, 9.17) is 0 Å². The van der Waals surface area contributed by atoms with Gasteiger partial charge in [-0.15, -0.1) is 11.8 Å². The van der Waals surface area contributed by atoms with E-state index in [1.54, 1.807) is 0 Å². The molecule has 1 aliphatic heterocycles. The Morgan fingerprint density at radius 2 is 2.00 bits per heavy atom. The zero-order valence-corrected chi connectivity index (χ0v) is 9.33. The normalized spacial score (nSPS) is 27.3. The fourth-order valence-corrected chi connectivity index (χ4v) is 10.3. The van der Waals surface area contributed by atoms with Crippen LogP contribution in [-0.2, 0) is 0 Å². The van der Waals surface area contributed by atoms with Crippen LogP contribution in [0.25, 0.3) is 0 Å². The van der Waals surface area contributed by atoms with Crippen LogP contribution in [0.15, 0.2) is 0 Å². The zero-order chi connectivity index (χ0) is 6.74. The number of rotatable bonds is 0. The summed E-state index contributed by atoms with van der Waals surface area (Å²) >= 11 is 2.03. The highest BCUT2D eigenvalue weighted by atomic mass is 33.7. The molecule has 0 aromatic rings. The van der Waals surface area contributed by atoms with Crippen molar-refractivity contribution in [3.63, 3.8) is 0 Å². The first-order valence-corrected chi connectivity index (χ1v) is 8.46. The fourth-order valence-electron chi connectivity index (χ4n) is 0.325. The molecule has 54 valence electrons. The van der Waals surface area contributed by atoms with Crippen molar-refractivity contribution in [2.45, 2.75) is 17.9 Å². The van der Waals surface area contributed by atoms with Crippen LogP contribution in [0, 0.1) is 0 Å². The maximum absolute atomic E-state index is 2.28. The van der Waals surface area contributed by atoms with E-state index < -0.39 is 0 Å². The smallest absolute Gasteiger partial charge is 0.0675 e. The number of hydrogen-bond donors (Lipinski definition) is 0. The van der Waals surface area contributed by atoms with Gasteiger partial charge in [-0.25, -0.2) is 0 Å². The molecule has 1 fully saturated rings. The number of hydrogen-bond acceptors (Lipinski definition) is 5. The van der Waals surface area contributed by atoms with Crippen molar-refractivity contribution in [3.05, 3.63) is 0 Å². The van der Waals surface area contributed by atoms with Crippen LogP contribution in [0.5, 0.6) is 0 Å². The summed E-state index contributed by atoms with van der Waals surface area (Å²) in [4.78, 5) is 0. The predicted molar refractivity (Wildman–Crippen MR) is 56.9 cm³/mol. The molecule has 0 aromatic heterocycles. The Hall–Kier alpha value is 1.75. The van der Waals surface area contributed by atoms with E-state index in [-0.39, 0.29) is 0 Å². The summed E-state index contributed by atoms with van der Waals surface area (Å²) < 4.78 is 0.418. The predicted octanol–water partition coefficient (Wildman–Crippen LogP) is 4.10. The molecule has 0 saturated carbocycles. The van der Waals surface area contributed by atoms with Crippen molar-refractivity contribution in [2.24, 2.45) is 0 Å². The van der Waals surface area contributed by atoms with Crippen LogP contribution < -0.4 is 0 Å². The molecule has 0 unspecified atom stereocenters. The average molecular weight is 216 g/mol. The summed E-state index contributed by atoms with van der Waals surface area (Å²) in [5.41, 5.74) is 0. The summed E-state index contributed by atoms with van der Waals surface area (Å²) in [6.45, 7) is 4.56. The Morgan fingerprint density at radius 1 is 1.22 bits per heavy atom. The Bertz CT molecular complexity index is 81.0. The SMILES string of the molecule is CC1(C)SCSSSS1. The molecule has 5 heteroatoms. The quantitative estimate of drug-likeness (QED) is 0.557. The molecule has 0 spiro atoms. The van der Waals surface area contributed by atoms with Crippen molar-refractivity contribution in [2.75, 3.05) is 5.08 Å². The molecule has 0 radical (unpaired) electrons. The van der Waals surface area contributed by atoms with Gasteiger partial charge in [0.05, 0.1) is 9.16 Å². The molecule has 0 N–H and O–H groups in total. The van der Waals surface area contributed by atoms with Gasteiger partial charge < -0.3 is 0 Å². The minimum Gasteiger partial charge on any atom is -0.132 e. The standard InChI is InChI=1S/C4H8S5/c1-4(2)5-3-6-8-9-7-4/h3H2,1-2H3. The van der Waals surface area contributed by atoms with E-state index in [0.717, 1.165) is 0 Å². The maximum Gasteiger partial charge on any atom is 0.0675 e. The lowest BCUT2D eigenvalue weighted by atomic mass is 10.5. The summed E-state index contributed by atoms with van der Waals surface area (Å²) in [7, 11) is 7.69. The molecule has 0 atom stereocenters. The second-order valence-corrected chi connectivity index (χ2v) is 10.7. The minimum atomic E-state index is 0.418. The molecule has 0 bridgehead atoms. The van der Waals surface area contributed by atoms with Crippen LogP contribution >= 0.6 is 53.0 Å². The van der Waals surface area contributed by atoms with Gasteiger partial charge in [-0.1, -0.05) is 21.6 Å². The van der Waals surface area contributed by atoms with Crippen molar-refractivity contribution in [3.8, 4) is 0 Å². The highest BCUT2D eigenvalue weighted by Crippen LogP contribution is 2.57. The maximum atomic E-state index is 2.28. The second-order valence-electron chi connectivity index (χ2n) is 2.00. The van der Waals surface area contributed by atoms with Gasteiger partial charge in [0.25, 0.3) is 0 Å². The van der Waals surface area contributed by atoms with Crippen molar-refractivity contribution in [1.29, 1.82) is 0 Å². The fraction of sp³-hybridized carbons (Fsp3) is 1.00. The zero-order valence-electron chi connectivity index (χ0n) is 5.25. The molecule has 1 rings (SSSR count). The molecule has 1 aliphatic rings. The lowest BCUT2D eigenvalue weighted by molar-refractivity contribution is 1.04. The van der Waals surface area contributed by atoms with Gasteiger partial charge in [0.15, 0.2) is 0 Å². The van der Waals surface area contributed by atoms with E-state index in [2.05, 4.69) is 13.8 Å². The minimum absolute atomic E-state index is 0.418. The molecule has 1 heterocycles. The van der Waals surface area contributed by atoms with Gasteiger partial charge in [-0.05, 0) is 33.5 Å². The summed E-state index contributed by atoms with van der Waals surface area (Å²) in [5, 5.41) is 1.22. The Kier molecular flexibility index (Phi) is 3.88. The Labute approximate surface area is 75.6 Å². The topological polar surface area (TPSA) is 0 Å². The Balaban J connectivity index is 2.36. The molecule has 0 amide bonds. The van der Waals surface area contributed by atoms with E-state index in [0.29, 0.717) is 4.08 Å². The van der Waals surface area contributed by atoms with E-state index in [9.17, 15) is 0 Å². The summed E-state index contributed by atoms with van der Waals surface area (Å²) in [5.74, 6) is 0. The Morgan fingerprint density at radius 3 is 2.78 bits per heavy atom. The second kappa shape index (κ2) is 3.95. The average Bonchev–Trinajstić information content (AvgIpc) is 1.92. The highest BCUT2D eigenvalue weighted by Gasteiger charge is 2.22. The number of thioether (sulfide) groups is 1. The first-order chi connectivity index (χ1) is 4.21. The van der Waals surface area contributed by atoms with Crippen molar-refractivity contribution >= 4 is 53.0 Å². The van der Waals surface area contributed by atoms with Gasteiger partial charge in [0.2, 0.25) is 0 Å². The van der Waals surface area contributed by atoms with Gasteiger partial charge in [-0.3, -0.25) is 0 Å². The van der Waals surface area contributed by atoms with E-state index >= 15 is 0 Å². The summed E-state index contributed by atoms with van der Waals surface area (Å²) in [6, 6.07) is 0. The van der Waals surface area contributed by atoms with E-state index in [1.165, 1.54) is 5.08 Å². The van der Waals surface area contributed by atoms with Gasteiger partial charge in [0.1, 0.15) is 0 Å². The molecule has 9 heavy (non-hydrogen) atoms. The van der Waals surface area contributed by atoms with Crippen LogP contribution in [0.2, 0.25) is 0 Å². The third-order valence-corrected chi connectivity index (χ3v) is 10.1. The van der Waals surface area contributed by atoms with Crippen molar-refractivity contribution in [1.82, 2.24) is 0 Å². The molecule has 1 saturated heterocycles. The van der Waals surface area contributed by atoms with Crippen molar-refractivity contribution < 1.29 is 0 Å². The monoisotopic (exact) mass is 216 g/mol. The van der Waals surface area contributed by atoms with Gasteiger partial charge in [-0.2, -0.15) is 0 Å². The van der Waals surface area contributed by atoms with Crippen LogP contribution in [0.3, 0.4) is 0 Å².